The zero-order chi connectivity index (χ0) is 20.6. The van der Waals surface area contributed by atoms with Crippen LogP contribution in [0, 0.1) is 0 Å². The number of nitrogens with zero attached hydrogens (tertiary/aromatic N) is 1. The molecule has 2 aromatic carbocycles. The molecule has 152 valence electrons. The van der Waals surface area contributed by atoms with Gasteiger partial charge in [-0.15, -0.1) is 0 Å². The first kappa shape index (κ1) is 19.4. The second-order valence-corrected chi connectivity index (χ2v) is 9.32. The fraction of sp³-hybridized carbons (Fsp3) is 0.222. The molecule has 4 rings (SSSR count). The smallest absolute Gasteiger partial charge is 0.417 e. The average Bonchev–Trinajstić information content (AvgIpc) is 3.07. The Kier molecular flexibility index (Phi) is 5.01. The van der Waals surface area contributed by atoms with Gasteiger partial charge >= 0.3 is 11.7 Å². The van der Waals surface area contributed by atoms with E-state index in [1.165, 1.54) is 30.3 Å². The third-order valence-electron chi connectivity index (χ3n) is 4.53. The lowest BCUT2D eigenvalue weighted by atomic mass is 10.1. The molecule has 29 heavy (non-hydrogen) atoms. The van der Waals surface area contributed by atoms with Gasteiger partial charge in [0.05, 0.1) is 21.7 Å². The fourth-order valence-electron chi connectivity index (χ4n) is 3.16. The predicted molar refractivity (Wildman–Crippen MR) is 111 cm³/mol. The number of sulfonamides is 1. The van der Waals surface area contributed by atoms with Gasteiger partial charge in [-0.05, 0) is 30.3 Å². The van der Waals surface area contributed by atoms with Crippen LogP contribution in [0.25, 0.3) is 11.1 Å². The second kappa shape index (κ2) is 7.48. The number of hydrogen-bond acceptors (Lipinski definition) is 7. The Morgan fingerprint density at radius 2 is 1.93 bits per heavy atom. The lowest BCUT2D eigenvalue weighted by Gasteiger charge is -2.29. The molecule has 1 aliphatic rings. The number of aromatic nitrogens is 1. The molecule has 3 aromatic rings. The molecule has 11 heteroatoms. The van der Waals surface area contributed by atoms with Crippen LogP contribution in [0.1, 0.15) is 10.4 Å². The highest BCUT2D eigenvalue weighted by Gasteiger charge is 2.21. The van der Waals surface area contributed by atoms with Gasteiger partial charge in [0.25, 0.3) is 10.0 Å². The summed E-state index contributed by atoms with van der Waals surface area (Å²) in [5.41, 5.74) is 1.22. The topological polar surface area (TPSA) is 133 Å². The third kappa shape index (κ3) is 3.96. The van der Waals surface area contributed by atoms with Gasteiger partial charge in [0.15, 0.2) is 5.58 Å². The van der Waals surface area contributed by atoms with E-state index in [2.05, 4.69) is 9.71 Å². The Balaban J connectivity index is 1.65. The minimum absolute atomic E-state index is 0.0317. The number of carboxylic acid groups (broad SMARTS) is 1. The van der Waals surface area contributed by atoms with Crippen molar-refractivity contribution in [1.82, 2.24) is 4.98 Å². The Hall–Kier alpha value is -2.92. The number of carbonyl (C=O) groups is 1. The van der Waals surface area contributed by atoms with Crippen LogP contribution in [0.3, 0.4) is 0 Å². The number of anilines is 2. The number of aromatic amines is 1. The van der Waals surface area contributed by atoms with E-state index in [0.717, 1.165) is 24.6 Å². The molecule has 1 aliphatic heterocycles. The molecule has 1 fully saturated rings. The van der Waals surface area contributed by atoms with Crippen LogP contribution in [-0.2, 0) is 10.0 Å². The third-order valence-corrected chi connectivity index (χ3v) is 6.86. The second-order valence-electron chi connectivity index (χ2n) is 6.41. The predicted octanol–water partition coefficient (Wildman–Crippen LogP) is 2.17. The van der Waals surface area contributed by atoms with Crippen LogP contribution < -0.4 is 15.4 Å². The lowest BCUT2D eigenvalue weighted by molar-refractivity contribution is 0.0697. The number of H-pyrrole nitrogens is 1. The van der Waals surface area contributed by atoms with Crippen LogP contribution >= 0.6 is 11.8 Å². The van der Waals surface area contributed by atoms with Crippen molar-refractivity contribution in [3.8, 4) is 0 Å². The largest absolute Gasteiger partial charge is 0.478 e. The molecule has 0 unspecified atom stereocenters. The van der Waals surface area contributed by atoms with Gasteiger partial charge in [0.1, 0.15) is 0 Å². The number of nitrogens with one attached hydrogen (secondary N) is 2. The summed E-state index contributed by atoms with van der Waals surface area (Å²) in [6, 6.07) is 8.45. The van der Waals surface area contributed by atoms with Crippen molar-refractivity contribution in [2.45, 2.75) is 4.90 Å². The molecule has 0 atom stereocenters. The number of aromatic carboxylic acids is 1. The molecule has 2 heterocycles. The summed E-state index contributed by atoms with van der Waals surface area (Å²) >= 11 is 1.81. The molecule has 1 aromatic heterocycles. The highest BCUT2D eigenvalue weighted by molar-refractivity contribution is 7.99. The first-order valence-electron chi connectivity index (χ1n) is 8.69. The number of rotatable bonds is 5. The molecule has 0 saturated carbocycles. The van der Waals surface area contributed by atoms with E-state index in [9.17, 15) is 23.1 Å². The molecule has 9 nitrogen and oxygen atoms in total. The summed E-state index contributed by atoms with van der Waals surface area (Å²) in [6.07, 6.45) is 0. The molecule has 0 spiro atoms. The summed E-state index contributed by atoms with van der Waals surface area (Å²) in [5, 5.41) is 9.60. The Morgan fingerprint density at radius 3 is 2.66 bits per heavy atom. The molecule has 1 saturated heterocycles. The number of carboxylic acids is 1. The molecule has 0 bridgehead atoms. The Bertz CT molecular complexity index is 1240. The van der Waals surface area contributed by atoms with Crippen LogP contribution in [0.2, 0.25) is 0 Å². The van der Waals surface area contributed by atoms with Crippen molar-refractivity contribution in [2.75, 3.05) is 34.2 Å². The van der Waals surface area contributed by atoms with Gasteiger partial charge < -0.3 is 14.4 Å². The van der Waals surface area contributed by atoms with Gasteiger partial charge in [0, 0.05) is 36.3 Å². The van der Waals surface area contributed by atoms with Crippen LogP contribution in [0.4, 0.5) is 11.4 Å². The van der Waals surface area contributed by atoms with Crippen molar-refractivity contribution >= 4 is 50.2 Å². The molecule has 0 radical (unpaired) electrons. The maximum absolute atomic E-state index is 12.7. The standard InChI is InChI=1S/C18H17N3O6S2/c22-17(23)13-9-11(1-4-15(13)21-5-7-28-8-6-21)20-29(25,26)12-2-3-14-16(10-12)27-18(24)19-14/h1-4,9-10,20H,5-8H2,(H,19,24)(H,22,23). The first-order chi connectivity index (χ1) is 13.8. The van der Waals surface area contributed by atoms with E-state index in [-0.39, 0.29) is 21.7 Å². The van der Waals surface area contributed by atoms with Gasteiger partial charge in [-0.1, -0.05) is 0 Å². The van der Waals surface area contributed by atoms with Crippen LogP contribution in [0.15, 0.2) is 50.5 Å². The normalized spacial score (nSPS) is 14.8. The van der Waals surface area contributed by atoms with E-state index in [4.69, 9.17) is 4.42 Å². The van der Waals surface area contributed by atoms with Crippen molar-refractivity contribution in [3.63, 3.8) is 0 Å². The number of hydrogen-bond donors (Lipinski definition) is 3. The molecule has 0 amide bonds. The van der Waals surface area contributed by atoms with Gasteiger partial charge in [-0.3, -0.25) is 9.71 Å². The highest BCUT2D eigenvalue weighted by atomic mass is 32.2. The molecular weight excluding hydrogens is 418 g/mol. The van der Waals surface area contributed by atoms with E-state index >= 15 is 0 Å². The van der Waals surface area contributed by atoms with Crippen molar-refractivity contribution in [2.24, 2.45) is 0 Å². The summed E-state index contributed by atoms with van der Waals surface area (Å²) in [6.45, 7) is 1.47. The van der Waals surface area contributed by atoms with Gasteiger partial charge in [-0.2, -0.15) is 11.8 Å². The number of thioether (sulfide) groups is 1. The van der Waals surface area contributed by atoms with Crippen molar-refractivity contribution in [3.05, 3.63) is 52.5 Å². The van der Waals surface area contributed by atoms with Crippen molar-refractivity contribution in [1.29, 1.82) is 0 Å². The summed E-state index contributed by atoms with van der Waals surface area (Å²) < 4.78 is 32.7. The summed E-state index contributed by atoms with van der Waals surface area (Å²) in [7, 11) is -4.01. The van der Waals surface area contributed by atoms with E-state index in [0.29, 0.717) is 11.2 Å². The fourth-order valence-corrected chi connectivity index (χ4v) is 5.13. The monoisotopic (exact) mass is 435 g/mol. The van der Waals surface area contributed by atoms with Crippen LogP contribution in [0.5, 0.6) is 0 Å². The zero-order valence-corrected chi connectivity index (χ0v) is 16.7. The SMILES string of the molecule is O=C(O)c1cc(NS(=O)(=O)c2ccc3[nH]c(=O)oc3c2)ccc1N1CCSCC1. The molecular formula is C18H17N3O6S2. The summed E-state index contributed by atoms with van der Waals surface area (Å²) in [5.74, 6) is 0.00578. The van der Waals surface area contributed by atoms with Gasteiger partial charge in [0.2, 0.25) is 0 Å². The number of oxazole rings is 1. The van der Waals surface area contributed by atoms with E-state index in [1.54, 1.807) is 6.07 Å². The van der Waals surface area contributed by atoms with Crippen molar-refractivity contribution < 1.29 is 22.7 Å². The van der Waals surface area contributed by atoms with E-state index < -0.39 is 21.7 Å². The van der Waals surface area contributed by atoms with Crippen LogP contribution in [-0.4, -0.2) is 49.1 Å². The number of benzene rings is 2. The average molecular weight is 435 g/mol. The minimum atomic E-state index is -4.01. The first-order valence-corrected chi connectivity index (χ1v) is 11.3. The minimum Gasteiger partial charge on any atom is -0.478 e. The summed E-state index contributed by atoms with van der Waals surface area (Å²) in [4.78, 5) is 27.3. The Morgan fingerprint density at radius 1 is 1.17 bits per heavy atom. The van der Waals surface area contributed by atoms with Gasteiger partial charge in [-0.25, -0.2) is 18.0 Å². The highest BCUT2D eigenvalue weighted by Crippen LogP contribution is 2.28. The molecule has 3 N–H and O–H groups in total. The zero-order valence-electron chi connectivity index (χ0n) is 15.0. The number of fused-ring (bicyclic) bond motifs is 1. The maximum atomic E-state index is 12.7. The van der Waals surface area contributed by atoms with E-state index in [1.807, 2.05) is 16.7 Å². The maximum Gasteiger partial charge on any atom is 0.417 e. The molecule has 0 aliphatic carbocycles. The Labute approximate surface area is 169 Å². The lowest BCUT2D eigenvalue weighted by Crippen LogP contribution is -2.33. The quantitative estimate of drug-likeness (QED) is 0.555.